The molecule has 0 bridgehead atoms. The van der Waals surface area contributed by atoms with E-state index in [1.807, 2.05) is 11.3 Å². The van der Waals surface area contributed by atoms with Gasteiger partial charge in [0.1, 0.15) is 0 Å². The third-order valence-electron chi connectivity index (χ3n) is 3.69. The van der Waals surface area contributed by atoms with Crippen LogP contribution in [0.2, 0.25) is 0 Å². The molecule has 0 radical (unpaired) electrons. The largest absolute Gasteiger partial charge is 0.362 e. The van der Waals surface area contributed by atoms with Crippen molar-refractivity contribution in [2.75, 3.05) is 11.9 Å². The van der Waals surface area contributed by atoms with Crippen LogP contribution in [-0.2, 0) is 12.8 Å². The molecule has 2 rings (SSSR count). The minimum Gasteiger partial charge on any atom is -0.362 e. The molecule has 1 aromatic rings. The van der Waals surface area contributed by atoms with E-state index in [4.69, 9.17) is 4.98 Å². The molecule has 1 N–H and O–H groups in total. The van der Waals surface area contributed by atoms with Crippen molar-refractivity contribution in [3.05, 3.63) is 10.6 Å². The highest BCUT2D eigenvalue weighted by molar-refractivity contribution is 7.15. The molecular weight excluding hydrogens is 228 g/mol. The molecule has 0 saturated heterocycles. The molecule has 96 valence electrons. The average molecular weight is 252 g/mol. The van der Waals surface area contributed by atoms with Gasteiger partial charge in [-0.05, 0) is 37.0 Å². The third kappa shape index (κ3) is 3.01. The Balaban J connectivity index is 2.07. The van der Waals surface area contributed by atoms with E-state index in [-0.39, 0.29) is 0 Å². The monoisotopic (exact) mass is 252 g/mol. The quantitative estimate of drug-likeness (QED) is 0.875. The molecule has 1 atom stereocenters. The fourth-order valence-electron chi connectivity index (χ4n) is 2.42. The third-order valence-corrected chi connectivity index (χ3v) is 4.77. The number of aromatic nitrogens is 1. The predicted molar refractivity (Wildman–Crippen MR) is 75.9 cm³/mol. The van der Waals surface area contributed by atoms with Crippen molar-refractivity contribution >= 4 is 16.5 Å². The van der Waals surface area contributed by atoms with Crippen LogP contribution in [-0.4, -0.2) is 11.5 Å². The van der Waals surface area contributed by atoms with Crippen LogP contribution in [0.5, 0.6) is 0 Å². The second kappa shape index (κ2) is 4.97. The molecule has 1 unspecified atom stereocenters. The highest BCUT2D eigenvalue weighted by Gasteiger charge is 2.30. The Morgan fingerprint density at radius 2 is 2.18 bits per heavy atom. The van der Waals surface area contributed by atoms with Gasteiger partial charge in [-0.1, -0.05) is 27.7 Å². The molecule has 1 aliphatic carbocycles. The number of hydrogen-bond acceptors (Lipinski definition) is 3. The normalized spacial score (nSPS) is 20.1. The van der Waals surface area contributed by atoms with Crippen molar-refractivity contribution in [2.45, 2.75) is 53.4 Å². The van der Waals surface area contributed by atoms with Crippen LogP contribution in [0, 0.1) is 11.3 Å². The summed E-state index contributed by atoms with van der Waals surface area (Å²) in [4.78, 5) is 6.24. The van der Waals surface area contributed by atoms with Crippen LogP contribution in [0.4, 0.5) is 5.13 Å². The van der Waals surface area contributed by atoms with Gasteiger partial charge in [0.15, 0.2) is 5.13 Å². The van der Waals surface area contributed by atoms with Crippen molar-refractivity contribution in [3.63, 3.8) is 0 Å². The summed E-state index contributed by atoms with van der Waals surface area (Å²) in [5.41, 5.74) is 1.78. The standard InChI is InChI=1S/C14H24N2S/c1-5-8-15-13-16-11-7-6-10(14(2,3)4)9-12(11)17-13/h10H,5-9H2,1-4H3,(H,15,16). The van der Waals surface area contributed by atoms with Crippen LogP contribution in [0.1, 0.15) is 51.1 Å². The first-order valence-electron chi connectivity index (χ1n) is 6.73. The lowest BCUT2D eigenvalue weighted by Gasteiger charge is -2.33. The second-order valence-corrected chi connectivity index (χ2v) is 7.21. The lowest BCUT2D eigenvalue weighted by Crippen LogP contribution is -2.26. The van der Waals surface area contributed by atoms with Crippen LogP contribution in [0.3, 0.4) is 0 Å². The minimum atomic E-state index is 0.429. The van der Waals surface area contributed by atoms with E-state index in [9.17, 15) is 0 Å². The van der Waals surface area contributed by atoms with Crippen LogP contribution in [0.15, 0.2) is 0 Å². The Hall–Kier alpha value is -0.570. The highest BCUT2D eigenvalue weighted by atomic mass is 32.1. The Labute approximate surface area is 109 Å². The van der Waals surface area contributed by atoms with Crippen molar-refractivity contribution < 1.29 is 0 Å². The van der Waals surface area contributed by atoms with Gasteiger partial charge in [-0.15, -0.1) is 11.3 Å². The fraction of sp³-hybridized carbons (Fsp3) is 0.786. The summed E-state index contributed by atoms with van der Waals surface area (Å²) < 4.78 is 0. The minimum absolute atomic E-state index is 0.429. The SMILES string of the molecule is CCCNc1nc2c(s1)CC(C(C)(C)C)CC2. The summed E-state index contributed by atoms with van der Waals surface area (Å²) in [6, 6.07) is 0. The number of thiazole rings is 1. The van der Waals surface area contributed by atoms with Gasteiger partial charge in [-0.2, -0.15) is 0 Å². The lowest BCUT2D eigenvalue weighted by molar-refractivity contribution is 0.217. The lowest BCUT2D eigenvalue weighted by atomic mass is 9.73. The van der Waals surface area contributed by atoms with Gasteiger partial charge in [0.05, 0.1) is 5.69 Å². The van der Waals surface area contributed by atoms with E-state index in [1.165, 1.54) is 29.8 Å². The van der Waals surface area contributed by atoms with Crippen LogP contribution >= 0.6 is 11.3 Å². The smallest absolute Gasteiger partial charge is 0.183 e. The zero-order chi connectivity index (χ0) is 12.5. The summed E-state index contributed by atoms with van der Waals surface area (Å²) >= 11 is 1.87. The fourth-order valence-corrected chi connectivity index (χ4v) is 3.54. The Kier molecular flexibility index (Phi) is 3.76. The number of hydrogen-bond donors (Lipinski definition) is 1. The van der Waals surface area contributed by atoms with Crippen LogP contribution in [0.25, 0.3) is 0 Å². The molecule has 17 heavy (non-hydrogen) atoms. The number of nitrogens with zero attached hydrogens (tertiary/aromatic N) is 1. The predicted octanol–water partition coefficient (Wildman–Crippen LogP) is 4.12. The molecular formula is C14H24N2S. The van der Waals surface area contributed by atoms with Crippen molar-refractivity contribution in [1.29, 1.82) is 0 Å². The Morgan fingerprint density at radius 1 is 1.41 bits per heavy atom. The topological polar surface area (TPSA) is 24.9 Å². The molecule has 1 aromatic heterocycles. The summed E-state index contributed by atoms with van der Waals surface area (Å²) in [6.07, 6.45) is 4.86. The number of aryl methyl sites for hydroxylation is 1. The molecule has 1 aliphatic rings. The maximum atomic E-state index is 4.71. The molecule has 0 amide bonds. The number of fused-ring (bicyclic) bond motifs is 1. The zero-order valence-corrected chi connectivity index (χ0v) is 12.3. The molecule has 0 saturated carbocycles. The van der Waals surface area contributed by atoms with Crippen molar-refractivity contribution in [3.8, 4) is 0 Å². The second-order valence-electron chi connectivity index (χ2n) is 6.12. The van der Waals surface area contributed by atoms with Gasteiger partial charge in [0.2, 0.25) is 0 Å². The first-order valence-corrected chi connectivity index (χ1v) is 7.54. The zero-order valence-electron chi connectivity index (χ0n) is 11.5. The van der Waals surface area contributed by atoms with Gasteiger partial charge in [0, 0.05) is 11.4 Å². The Bertz CT molecular complexity index is 376. The number of anilines is 1. The molecule has 1 heterocycles. The van der Waals surface area contributed by atoms with Gasteiger partial charge in [0.25, 0.3) is 0 Å². The molecule has 0 fully saturated rings. The molecule has 3 heteroatoms. The highest BCUT2D eigenvalue weighted by Crippen LogP contribution is 2.39. The van der Waals surface area contributed by atoms with E-state index in [2.05, 4.69) is 33.0 Å². The summed E-state index contributed by atoms with van der Waals surface area (Å²) in [7, 11) is 0. The summed E-state index contributed by atoms with van der Waals surface area (Å²) in [5.74, 6) is 0.814. The first-order chi connectivity index (χ1) is 8.00. The van der Waals surface area contributed by atoms with Crippen molar-refractivity contribution in [2.24, 2.45) is 11.3 Å². The van der Waals surface area contributed by atoms with E-state index in [0.717, 1.165) is 24.0 Å². The average Bonchev–Trinajstić information content (AvgIpc) is 2.66. The van der Waals surface area contributed by atoms with Gasteiger partial charge < -0.3 is 5.32 Å². The van der Waals surface area contributed by atoms with E-state index in [0.29, 0.717) is 5.41 Å². The maximum Gasteiger partial charge on any atom is 0.183 e. The van der Waals surface area contributed by atoms with Gasteiger partial charge in [-0.25, -0.2) is 4.98 Å². The molecule has 0 aliphatic heterocycles. The Morgan fingerprint density at radius 3 is 2.82 bits per heavy atom. The molecule has 0 aromatic carbocycles. The van der Waals surface area contributed by atoms with Gasteiger partial charge >= 0.3 is 0 Å². The molecule has 0 spiro atoms. The first kappa shape index (κ1) is 12.9. The summed E-state index contributed by atoms with van der Waals surface area (Å²) in [6.45, 7) is 10.3. The maximum absolute atomic E-state index is 4.71. The van der Waals surface area contributed by atoms with E-state index in [1.54, 1.807) is 0 Å². The van der Waals surface area contributed by atoms with Gasteiger partial charge in [-0.3, -0.25) is 0 Å². The van der Waals surface area contributed by atoms with Crippen molar-refractivity contribution in [1.82, 2.24) is 4.98 Å². The van der Waals surface area contributed by atoms with E-state index < -0.39 is 0 Å². The van der Waals surface area contributed by atoms with Crippen LogP contribution < -0.4 is 5.32 Å². The number of rotatable bonds is 3. The molecule has 2 nitrogen and oxygen atoms in total. The number of nitrogens with one attached hydrogen (secondary N) is 1. The summed E-state index contributed by atoms with van der Waals surface area (Å²) in [5, 5.41) is 4.54. The van der Waals surface area contributed by atoms with E-state index >= 15 is 0 Å².